The van der Waals surface area contributed by atoms with Crippen molar-refractivity contribution in [1.29, 1.82) is 0 Å². The first-order valence-electron chi connectivity index (χ1n) is 37.3. The summed E-state index contributed by atoms with van der Waals surface area (Å²) in [6, 6.07) is -0.628. The van der Waals surface area contributed by atoms with Gasteiger partial charge < -0.3 is 20.3 Å². The van der Waals surface area contributed by atoms with Crippen LogP contribution in [0, 0.1) is 0 Å². The molecule has 0 aromatic rings. The van der Waals surface area contributed by atoms with E-state index in [1.165, 1.54) is 340 Å². The number of nitrogens with one attached hydrogen (secondary N) is 1. The van der Waals surface area contributed by atoms with Crippen LogP contribution in [0.15, 0.2) is 36.5 Å². The average molecular weight is 1150 g/mol. The molecule has 6 nitrogen and oxygen atoms in total. The lowest BCUT2D eigenvalue weighted by Gasteiger charge is -2.20. The SMILES string of the molecule is CCCCCCCCC/C=C\CCCCCCCC(=O)OCCCCCCCCCCCCCC/C=C\CCCCCCCCCCCCCCCCC(=O)NC(CO)C(O)/C=C/CCCCCCCCCCCCCCCCCCC. The van der Waals surface area contributed by atoms with Gasteiger partial charge in [0.2, 0.25) is 5.91 Å². The second-order valence-electron chi connectivity index (χ2n) is 25.6. The van der Waals surface area contributed by atoms with E-state index in [2.05, 4.69) is 43.5 Å². The van der Waals surface area contributed by atoms with Crippen molar-refractivity contribution >= 4 is 11.9 Å². The van der Waals surface area contributed by atoms with Crippen LogP contribution in [0.3, 0.4) is 0 Å². The Bertz CT molecular complexity index is 1330. The van der Waals surface area contributed by atoms with Crippen LogP contribution in [0.2, 0.25) is 0 Å². The van der Waals surface area contributed by atoms with Crippen molar-refractivity contribution in [3.8, 4) is 0 Å². The van der Waals surface area contributed by atoms with Gasteiger partial charge in [-0.15, -0.1) is 0 Å². The number of ether oxygens (including phenoxy) is 1. The highest BCUT2D eigenvalue weighted by Gasteiger charge is 2.18. The van der Waals surface area contributed by atoms with Crippen LogP contribution in [0.1, 0.15) is 412 Å². The normalized spacial score (nSPS) is 12.7. The molecule has 0 bridgehead atoms. The van der Waals surface area contributed by atoms with Crippen LogP contribution in [0.4, 0.5) is 0 Å². The fourth-order valence-corrected chi connectivity index (χ4v) is 11.7. The Balaban J connectivity index is 3.38. The van der Waals surface area contributed by atoms with Crippen LogP contribution < -0.4 is 5.32 Å². The van der Waals surface area contributed by atoms with Gasteiger partial charge in [0, 0.05) is 12.8 Å². The molecule has 0 aliphatic heterocycles. The average Bonchev–Trinajstić information content (AvgIpc) is 3.48. The first-order valence-corrected chi connectivity index (χ1v) is 37.3. The van der Waals surface area contributed by atoms with Crippen molar-refractivity contribution in [2.75, 3.05) is 13.2 Å². The van der Waals surface area contributed by atoms with Gasteiger partial charge in [-0.2, -0.15) is 0 Å². The molecule has 0 saturated carbocycles. The summed E-state index contributed by atoms with van der Waals surface area (Å²) in [6.45, 7) is 4.94. The standard InChI is InChI=1S/C76H145NO5/c1-3-5-7-9-11-13-15-17-19-21-34-37-40-44-48-52-56-60-64-68-74(79)73(72-78)77-75(80)69-65-61-57-53-49-45-41-38-35-32-30-28-26-24-22-23-25-27-29-31-33-36-39-43-47-51-55-59-63-67-71-82-76(81)70-66-62-58-54-50-46-42-20-18-16-14-12-10-8-6-4-2/h20,23,25,42,64,68,73-74,78-79H,3-19,21-22,24,26-41,43-63,65-67,69-72H2,1-2H3,(H,77,80)/b25-23-,42-20-,68-64+. The molecule has 484 valence electrons. The van der Waals surface area contributed by atoms with Crippen LogP contribution >= 0.6 is 0 Å². The van der Waals surface area contributed by atoms with E-state index in [1.54, 1.807) is 6.08 Å². The molecule has 3 N–H and O–H groups in total. The molecule has 0 aliphatic carbocycles. The summed E-state index contributed by atoms with van der Waals surface area (Å²) >= 11 is 0. The summed E-state index contributed by atoms with van der Waals surface area (Å²) in [4.78, 5) is 24.6. The number of amides is 1. The number of hydrogen-bond donors (Lipinski definition) is 3. The van der Waals surface area contributed by atoms with Gasteiger partial charge in [-0.25, -0.2) is 0 Å². The monoisotopic (exact) mass is 1150 g/mol. The smallest absolute Gasteiger partial charge is 0.305 e. The Morgan fingerprint density at radius 3 is 0.866 bits per heavy atom. The summed E-state index contributed by atoms with van der Waals surface area (Å²) in [7, 11) is 0. The molecule has 6 heteroatoms. The van der Waals surface area contributed by atoms with Gasteiger partial charge >= 0.3 is 5.97 Å². The van der Waals surface area contributed by atoms with Gasteiger partial charge in [-0.1, -0.05) is 352 Å². The minimum Gasteiger partial charge on any atom is -0.466 e. The Morgan fingerprint density at radius 1 is 0.329 bits per heavy atom. The number of hydrogen-bond acceptors (Lipinski definition) is 5. The highest BCUT2D eigenvalue weighted by atomic mass is 16.5. The number of aliphatic hydroxyl groups excluding tert-OH is 2. The maximum absolute atomic E-state index is 12.5. The fraction of sp³-hybridized carbons (Fsp3) is 0.895. The summed E-state index contributed by atoms with van der Waals surface area (Å²) in [5.41, 5.74) is 0. The number of aliphatic hydroxyl groups is 2. The van der Waals surface area contributed by atoms with Crippen molar-refractivity contribution in [2.45, 2.75) is 424 Å². The summed E-state index contributed by atoms with van der Waals surface area (Å²) in [6.07, 6.45) is 92.4. The van der Waals surface area contributed by atoms with Crippen molar-refractivity contribution in [2.24, 2.45) is 0 Å². The van der Waals surface area contributed by atoms with Gasteiger partial charge in [0.15, 0.2) is 0 Å². The Labute approximate surface area is 513 Å². The zero-order valence-electron chi connectivity index (χ0n) is 55.5. The van der Waals surface area contributed by atoms with Crippen molar-refractivity contribution in [3.63, 3.8) is 0 Å². The van der Waals surface area contributed by atoms with Crippen molar-refractivity contribution in [1.82, 2.24) is 5.32 Å². The van der Waals surface area contributed by atoms with Crippen LogP contribution in [0.25, 0.3) is 0 Å². The molecule has 0 spiro atoms. The number of esters is 1. The zero-order chi connectivity index (χ0) is 59.2. The number of carbonyl (C=O) groups excluding carboxylic acids is 2. The van der Waals surface area contributed by atoms with E-state index in [4.69, 9.17) is 4.74 Å². The number of unbranched alkanes of at least 4 members (excludes halogenated alkanes) is 55. The van der Waals surface area contributed by atoms with E-state index in [0.29, 0.717) is 19.4 Å². The van der Waals surface area contributed by atoms with Gasteiger partial charge in [-0.3, -0.25) is 9.59 Å². The lowest BCUT2D eigenvalue weighted by atomic mass is 10.0. The van der Waals surface area contributed by atoms with E-state index in [9.17, 15) is 19.8 Å². The Kier molecular flexibility index (Phi) is 69.9. The number of allylic oxidation sites excluding steroid dienone is 5. The predicted molar refractivity (Wildman–Crippen MR) is 361 cm³/mol. The summed E-state index contributed by atoms with van der Waals surface area (Å²) in [5.74, 6) is -0.0530. The van der Waals surface area contributed by atoms with Gasteiger partial charge in [0.05, 0.1) is 25.4 Å². The Hall–Kier alpha value is -1.92. The number of rotatable bonds is 70. The molecule has 0 saturated heterocycles. The molecule has 0 radical (unpaired) electrons. The third kappa shape index (κ3) is 67.2. The molecule has 0 heterocycles. The van der Waals surface area contributed by atoms with E-state index in [1.807, 2.05) is 6.08 Å². The lowest BCUT2D eigenvalue weighted by molar-refractivity contribution is -0.143. The van der Waals surface area contributed by atoms with Gasteiger partial charge in [0.25, 0.3) is 0 Å². The molecule has 0 fully saturated rings. The topological polar surface area (TPSA) is 95.9 Å². The molecular weight excluding hydrogens is 1010 g/mol. The minimum atomic E-state index is -0.844. The second kappa shape index (κ2) is 71.6. The molecule has 2 unspecified atom stereocenters. The van der Waals surface area contributed by atoms with E-state index < -0.39 is 12.1 Å². The van der Waals surface area contributed by atoms with Crippen LogP contribution in [-0.2, 0) is 14.3 Å². The highest BCUT2D eigenvalue weighted by molar-refractivity contribution is 5.76. The van der Waals surface area contributed by atoms with E-state index in [-0.39, 0.29) is 18.5 Å². The summed E-state index contributed by atoms with van der Waals surface area (Å²) in [5, 5.41) is 23.2. The van der Waals surface area contributed by atoms with E-state index in [0.717, 1.165) is 44.9 Å². The maximum Gasteiger partial charge on any atom is 0.305 e. The second-order valence-corrected chi connectivity index (χ2v) is 25.6. The lowest BCUT2D eigenvalue weighted by Crippen LogP contribution is -2.45. The molecular formula is C76H145NO5. The fourth-order valence-electron chi connectivity index (χ4n) is 11.7. The molecule has 82 heavy (non-hydrogen) atoms. The molecule has 1 amide bonds. The Morgan fingerprint density at radius 2 is 0.573 bits per heavy atom. The third-order valence-electron chi connectivity index (χ3n) is 17.4. The van der Waals surface area contributed by atoms with Crippen LogP contribution in [0.5, 0.6) is 0 Å². The predicted octanol–water partition coefficient (Wildman–Crippen LogP) is 24.3. The molecule has 0 aromatic carbocycles. The van der Waals surface area contributed by atoms with E-state index >= 15 is 0 Å². The quantitative estimate of drug-likeness (QED) is 0.0320. The number of carbonyl (C=O) groups is 2. The molecule has 0 rings (SSSR count). The first-order chi connectivity index (χ1) is 40.5. The van der Waals surface area contributed by atoms with Crippen molar-refractivity contribution in [3.05, 3.63) is 36.5 Å². The zero-order valence-corrected chi connectivity index (χ0v) is 55.5. The first kappa shape index (κ1) is 80.1. The maximum atomic E-state index is 12.5. The largest absolute Gasteiger partial charge is 0.466 e. The van der Waals surface area contributed by atoms with Crippen LogP contribution in [-0.4, -0.2) is 47.4 Å². The van der Waals surface area contributed by atoms with Gasteiger partial charge in [0.1, 0.15) is 0 Å². The van der Waals surface area contributed by atoms with Crippen molar-refractivity contribution < 1.29 is 24.5 Å². The van der Waals surface area contributed by atoms with Gasteiger partial charge in [-0.05, 0) is 83.5 Å². The molecule has 0 aliphatic rings. The molecule has 0 aromatic heterocycles. The highest BCUT2D eigenvalue weighted by Crippen LogP contribution is 2.19. The third-order valence-corrected chi connectivity index (χ3v) is 17.4. The molecule has 2 atom stereocenters. The summed E-state index contributed by atoms with van der Waals surface area (Å²) < 4.78 is 5.50. The minimum absolute atomic E-state index is 0.00998.